The van der Waals surface area contributed by atoms with Crippen LogP contribution in [0.25, 0.3) is 0 Å². The molecule has 0 aromatic heterocycles. The maximum atomic E-state index is 13.4. The first-order valence-electron chi connectivity index (χ1n) is 7.10. The van der Waals surface area contributed by atoms with Crippen LogP contribution in [0.3, 0.4) is 0 Å². The standard InChI is InChI=1S/C15H18BrFN2O/c16-13-4-3-11(7-14(13)17)15(20)18-12-5-6-19(9-12)8-10-1-2-10/h3-4,7,10,12H,1-2,5-6,8-9H2,(H,18,20). The molecule has 1 aromatic rings. The number of amides is 1. The lowest BCUT2D eigenvalue weighted by Gasteiger charge is -2.16. The predicted molar refractivity (Wildman–Crippen MR) is 79.1 cm³/mol. The lowest BCUT2D eigenvalue weighted by atomic mass is 10.2. The van der Waals surface area contributed by atoms with Gasteiger partial charge < -0.3 is 10.2 Å². The van der Waals surface area contributed by atoms with Crippen molar-refractivity contribution in [3.63, 3.8) is 0 Å². The van der Waals surface area contributed by atoms with E-state index in [9.17, 15) is 9.18 Å². The number of carbonyl (C=O) groups is 1. The molecule has 1 saturated heterocycles. The van der Waals surface area contributed by atoms with Crippen LogP contribution in [0.15, 0.2) is 22.7 Å². The number of carbonyl (C=O) groups excluding carboxylic acids is 1. The summed E-state index contributed by atoms with van der Waals surface area (Å²) in [7, 11) is 0. The fourth-order valence-corrected chi connectivity index (χ4v) is 2.93. The molecule has 2 aliphatic rings. The van der Waals surface area contributed by atoms with Crippen molar-refractivity contribution in [3.8, 4) is 0 Å². The third-order valence-corrected chi connectivity index (χ3v) is 4.65. The van der Waals surface area contributed by atoms with Crippen molar-refractivity contribution in [2.45, 2.75) is 25.3 Å². The summed E-state index contributed by atoms with van der Waals surface area (Å²) < 4.78 is 13.8. The van der Waals surface area contributed by atoms with Gasteiger partial charge in [0.05, 0.1) is 4.47 Å². The monoisotopic (exact) mass is 340 g/mol. The van der Waals surface area contributed by atoms with E-state index in [0.29, 0.717) is 10.0 Å². The zero-order valence-electron chi connectivity index (χ0n) is 11.2. The summed E-state index contributed by atoms with van der Waals surface area (Å²) in [6.45, 7) is 3.14. The summed E-state index contributed by atoms with van der Waals surface area (Å²) >= 11 is 3.09. The molecule has 2 fully saturated rings. The molecule has 0 radical (unpaired) electrons. The summed E-state index contributed by atoms with van der Waals surface area (Å²) in [5, 5.41) is 3.00. The van der Waals surface area contributed by atoms with Crippen molar-refractivity contribution in [2.75, 3.05) is 19.6 Å². The third kappa shape index (κ3) is 3.38. The quantitative estimate of drug-likeness (QED) is 0.913. The third-order valence-electron chi connectivity index (χ3n) is 4.00. The van der Waals surface area contributed by atoms with E-state index in [-0.39, 0.29) is 11.9 Å². The molecule has 1 unspecified atom stereocenters. The summed E-state index contributed by atoms with van der Waals surface area (Å²) in [5.74, 6) is 0.291. The number of hydrogen-bond donors (Lipinski definition) is 1. The lowest BCUT2D eigenvalue weighted by Crippen LogP contribution is -2.37. The van der Waals surface area contributed by atoms with Crippen LogP contribution in [-0.2, 0) is 0 Å². The van der Waals surface area contributed by atoms with E-state index in [1.807, 2.05) is 0 Å². The van der Waals surface area contributed by atoms with Gasteiger partial charge in [-0.2, -0.15) is 0 Å². The SMILES string of the molecule is O=C(NC1CCN(CC2CC2)C1)c1ccc(Br)c(F)c1. The highest BCUT2D eigenvalue weighted by atomic mass is 79.9. The highest BCUT2D eigenvalue weighted by molar-refractivity contribution is 9.10. The van der Waals surface area contributed by atoms with Gasteiger partial charge in [0.25, 0.3) is 5.91 Å². The Balaban J connectivity index is 1.54. The average molecular weight is 341 g/mol. The van der Waals surface area contributed by atoms with E-state index in [1.54, 1.807) is 12.1 Å². The molecular formula is C15H18BrFN2O. The number of nitrogens with one attached hydrogen (secondary N) is 1. The highest BCUT2D eigenvalue weighted by Gasteiger charge is 2.29. The summed E-state index contributed by atoms with van der Waals surface area (Å²) in [4.78, 5) is 14.5. The predicted octanol–water partition coefficient (Wildman–Crippen LogP) is 2.80. The van der Waals surface area contributed by atoms with Gasteiger partial charge in [0.1, 0.15) is 5.82 Å². The summed E-state index contributed by atoms with van der Waals surface area (Å²) in [5.41, 5.74) is 0.381. The van der Waals surface area contributed by atoms with Crippen LogP contribution in [0.5, 0.6) is 0 Å². The minimum Gasteiger partial charge on any atom is -0.348 e. The maximum Gasteiger partial charge on any atom is 0.251 e. The number of hydrogen-bond acceptors (Lipinski definition) is 2. The van der Waals surface area contributed by atoms with E-state index in [0.717, 1.165) is 25.4 Å². The van der Waals surface area contributed by atoms with Crippen molar-refractivity contribution in [1.29, 1.82) is 0 Å². The van der Waals surface area contributed by atoms with Crippen LogP contribution in [0.1, 0.15) is 29.6 Å². The van der Waals surface area contributed by atoms with Crippen LogP contribution >= 0.6 is 15.9 Å². The molecule has 1 saturated carbocycles. The first-order valence-corrected chi connectivity index (χ1v) is 7.89. The van der Waals surface area contributed by atoms with Gasteiger partial charge in [-0.1, -0.05) is 0 Å². The molecule has 0 spiro atoms. The van der Waals surface area contributed by atoms with Crippen LogP contribution in [0, 0.1) is 11.7 Å². The van der Waals surface area contributed by atoms with E-state index < -0.39 is 5.82 Å². The van der Waals surface area contributed by atoms with E-state index in [2.05, 4.69) is 26.1 Å². The van der Waals surface area contributed by atoms with Crippen LogP contribution < -0.4 is 5.32 Å². The largest absolute Gasteiger partial charge is 0.348 e. The number of halogens is 2. The molecular weight excluding hydrogens is 323 g/mol. The molecule has 1 heterocycles. The first kappa shape index (κ1) is 14.0. The van der Waals surface area contributed by atoms with Crippen molar-refractivity contribution in [3.05, 3.63) is 34.1 Å². The van der Waals surface area contributed by atoms with Gasteiger partial charge in [-0.25, -0.2) is 4.39 Å². The molecule has 3 rings (SSSR count). The normalized spacial score (nSPS) is 23.0. The number of nitrogens with zero attached hydrogens (tertiary/aromatic N) is 1. The molecule has 1 aliphatic heterocycles. The molecule has 0 bridgehead atoms. The lowest BCUT2D eigenvalue weighted by molar-refractivity contribution is 0.0937. The van der Waals surface area contributed by atoms with E-state index in [1.165, 1.54) is 25.5 Å². The topological polar surface area (TPSA) is 32.3 Å². The zero-order valence-corrected chi connectivity index (χ0v) is 12.8. The molecule has 1 atom stereocenters. The van der Waals surface area contributed by atoms with E-state index >= 15 is 0 Å². The number of likely N-dealkylation sites (tertiary alicyclic amines) is 1. The molecule has 1 aliphatic carbocycles. The minimum atomic E-state index is -0.403. The van der Waals surface area contributed by atoms with Crippen molar-refractivity contribution < 1.29 is 9.18 Å². The van der Waals surface area contributed by atoms with Crippen molar-refractivity contribution in [1.82, 2.24) is 10.2 Å². The second kappa shape index (κ2) is 5.82. The smallest absolute Gasteiger partial charge is 0.251 e. The highest BCUT2D eigenvalue weighted by Crippen LogP contribution is 2.30. The number of benzene rings is 1. The van der Waals surface area contributed by atoms with Crippen LogP contribution in [0.4, 0.5) is 4.39 Å². The second-order valence-corrected chi connectivity index (χ2v) is 6.65. The van der Waals surface area contributed by atoms with Gasteiger partial charge in [0.2, 0.25) is 0 Å². The molecule has 1 amide bonds. The van der Waals surface area contributed by atoms with Gasteiger partial charge in [-0.3, -0.25) is 4.79 Å². The Hall–Kier alpha value is -0.940. The molecule has 108 valence electrons. The van der Waals surface area contributed by atoms with Gasteiger partial charge in [0.15, 0.2) is 0 Å². The van der Waals surface area contributed by atoms with Crippen LogP contribution in [0.2, 0.25) is 0 Å². The van der Waals surface area contributed by atoms with Gasteiger partial charge in [0, 0.05) is 31.2 Å². The van der Waals surface area contributed by atoms with E-state index in [4.69, 9.17) is 0 Å². The average Bonchev–Trinajstić information content (AvgIpc) is 3.12. The molecule has 5 heteroatoms. The Morgan fingerprint density at radius 2 is 2.20 bits per heavy atom. The molecule has 1 aromatic carbocycles. The minimum absolute atomic E-state index is 0.185. The second-order valence-electron chi connectivity index (χ2n) is 5.79. The molecule has 3 nitrogen and oxygen atoms in total. The summed E-state index contributed by atoms with van der Waals surface area (Å²) in [6.07, 6.45) is 3.69. The first-order chi connectivity index (χ1) is 9.61. The Bertz CT molecular complexity index is 519. The zero-order chi connectivity index (χ0) is 14.1. The summed E-state index contributed by atoms with van der Waals surface area (Å²) in [6, 6.07) is 4.67. The van der Waals surface area contributed by atoms with Gasteiger partial charge in [-0.05, 0) is 59.3 Å². The maximum absolute atomic E-state index is 13.4. The molecule has 1 N–H and O–H groups in total. The van der Waals surface area contributed by atoms with Crippen molar-refractivity contribution in [2.24, 2.45) is 5.92 Å². The van der Waals surface area contributed by atoms with Gasteiger partial charge >= 0.3 is 0 Å². The Morgan fingerprint density at radius 1 is 1.40 bits per heavy atom. The Morgan fingerprint density at radius 3 is 2.90 bits per heavy atom. The van der Waals surface area contributed by atoms with Crippen LogP contribution in [-0.4, -0.2) is 36.5 Å². The number of rotatable bonds is 4. The van der Waals surface area contributed by atoms with Gasteiger partial charge in [-0.15, -0.1) is 0 Å². The fraction of sp³-hybridized carbons (Fsp3) is 0.533. The Kier molecular flexibility index (Phi) is 4.08. The fourth-order valence-electron chi connectivity index (χ4n) is 2.69. The molecule has 20 heavy (non-hydrogen) atoms. The van der Waals surface area contributed by atoms with Crippen molar-refractivity contribution >= 4 is 21.8 Å². The Labute approximate surface area is 126 Å².